The van der Waals surface area contributed by atoms with E-state index in [1.165, 1.54) is 6.42 Å². The molecule has 116 valence electrons. The number of carboxylic acids is 1. The van der Waals surface area contributed by atoms with Gasteiger partial charge >= 0.3 is 5.97 Å². The number of carbonyl (C=O) groups is 1. The average Bonchev–Trinajstić information content (AvgIpc) is 3.19. The van der Waals surface area contributed by atoms with E-state index in [0.29, 0.717) is 12.6 Å². The molecule has 1 heterocycles. The smallest absolute Gasteiger partial charge is 0.305 e. The number of hydrogen-bond donors (Lipinski definition) is 1. The molecule has 1 N–H and O–H groups in total. The van der Waals surface area contributed by atoms with E-state index < -0.39 is 5.97 Å². The summed E-state index contributed by atoms with van der Waals surface area (Å²) in [6, 6.07) is 0.449. The zero-order valence-electron chi connectivity index (χ0n) is 12.5. The first-order valence-corrected chi connectivity index (χ1v) is 7.80. The molecular formula is C14H23N5O2. The Bertz CT molecular complexity index is 505. The molecule has 2 saturated carbocycles. The number of aliphatic carboxylic acids is 1. The van der Waals surface area contributed by atoms with E-state index in [4.69, 9.17) is 0 Å². The third kappa shape index (κ3) is 3.07. The van der Waals surface area contributed by atoms with Gasteiger partial charge in [0.1, 0.15) is 0 Å². The molecule has 0 atom stereocenters. The van der Waals surface area contributed by atoms with Crippen LogP contribution in [-0.2, 0) is 11.3 Å². The van der Waals surface area contributed by atoms with Crippen molar-refractivity contribution in [2.24, 2.45) is 0 Å². The third-order valence-electron chi connectivity index (χ3n) is 4.91. The molecule has 7 heteroatoms. The van der Waals surface area contributed by atoms with Crippen LogP contribution in [0.2, 0.25) is 0 Å². The Morgan fingerprint density at radius 3 is 2.71 bits per heavy atom. The molecule has 1 aromatic rings. The van der Waals surface area contributed by atoms with Crippen LogP contribution in [0.1, 0.15) is 63.2 Å². The molecule has 0 radical (unpaired) electrons. The van der Waals surface area contributed by atoms with Gasteiger partial charge in [0.25, 0.3) is 0 Å². The van der Waals surface area contributed by atoms with E-state index in [0.717, 1.165) is 44.3 Å². The van der Waals surface area contributed by atoms with Crippen LogP contribution in [0, 0.1) is 0 Å². The van der Waals surface area contributed by atoms with Gasteiger partial charge in [-0.05, 0) is 43.2 Å². The highest BCUT2D eigenvalue weighted by molar-refractivity contribution is 5.68. The number of tetrazole rings is 1. The third-order valence-corrected chi connectivity index (χ3v) is 4.91. The number of hydrogen-bond acceptors (Lipinski definition) is 5. The molecule has 3 rings (SSSR count). The largest absolute Gasteiger partial charge is 0.481 e. The van der Waals surface area contributed by atoms with Gasteiger partial charge < -0.3 is 5.11 Å². The van der Waals surface area contributed by atoms with Crippen LogP contribution in [-0.4, -0.2) is 48.8 Å². The van der Waals surface area contributed by atoms with Gasteiger partial charge in [0.05, 0.1) is 19.0 Å². The summed E-state index contributed by atoms with van der Waals surface area (Å²) in [4.78, 5) is 13.5. The summed E-state index contributed by atoms with van der Waals surface area (Å²) in [5.74, 6) is 0.140. The lowest BCUT2D eigenvalue weighted by Crippen LogP contribution is -2.49. The fourth-order valence-electron chi connectivity index (χ4n) is 3.48. The first-order chi connectivity index (χ1) is 10.1. The van der Waals surface area contributed by atoms with Gasteiger partial charge in [-0.3, -0.25) is 9.69 Å². The molecule has 1 aromatic heterocycles. The Labute approximate surface area is 124 Å². The van der Waals surface area contributed by atoms with Gasteiger partial charge in [-0.25, -0.2) is 4.68 Å². The van der Waals surface area contributed by atoms with Gasteiger partial charge in [-0.15, -0.1) is 5.10 Å². The maximum atomic E-state index is 11.3. The second kappa shape index (κ2) is 5.71. The fraction of sp³-hybridized carbons (Fsp3) is 0.857. The summed E-state index contributed by atoms with van der Waals surface area (Å²) in [7, 11) is 2.01. The van der Waals surface area contributed by atoms with E-state index in [2.05, 4.69) is 20.4 Å². The molecule has 0 amide bonds. The van der Waals surface area contributed by atoms with Gasteiger partial charge in [-0.2, -0.15) is 0 Å². The lowest BCUT2D eigenvalue weighted by molar-refractivity contribution is -0.141. The molecule has 2 aliphatic rings. The highest BCUT2D eigenvalue weighted by Crippen LogP contribution is 2.38. The quantitative estimate of drug-likeness (QED) is 0.858. The van der Waals surface area contributed by atoms with Gasteiger partial charge in [0.2, 0.25) is 0 Å². The summed E-state index contributed by atoms with van der Waals surface area (Å²) in [5, 5.41) is 21.3. The van der Waals surface area contributed by atoms with Crippen molar-refractivity contribution in [3.8, 4) is 0 Å². The standard InChI is InChI=1S/C14H23N5O2/c1-18(10-12-15-16-17-19(12)11-5-6-11)14(9-13(20)21)7-3-2-4-8-14/h11H,2-10H2,1H3,(H,20,21). The highest BCUT2D eigenvalue weighted by atomic mass is 16.4. The van der Waals surface area contributed by atoms with Crippen molar-refractivity contribution in [3.63, 3.8) is 0 Å². The van der Waals surface area contributed by atoms with Crippen molar-refractivity contribution >= 4 is 5.97 Å². The van der Waals surface area contributed by atoms with Crippen molar-refractivity contribution in [2.45, 2.75) is 69.5 Å². The maximum absolute atomic E-state index is 11.3. The molecule has 0 aromatic carbocycles. The minimum absolute atomic E-state index is 0.203. The SMILES string of the molecule is CN(Cc1nnnn1C1CC1)C1(CC(=O)O)CCCCC1. The summed E-state index contributed by atoms with van der Waals surface area (Å²) < 4.78 is 1.91. The lowest BCUT2D eigenvalue weighted by Gasteiger charge is -2.43. The first-order valence-electron chi connectivity index (χ1n) is 7.80. The first kappa shape index (κ1) is 14.4. The molecule has 0 spiro atoms. The Morgan fingerprint density at radius 1 is 1.38 bits per heavy atom. The van der Waals surface area contributed by atoms with Crippen LogP contribution < -0.4 is 0 Å². The van der Waals surface area contributed by atoms with Crippen molar-refractivity contribution in [1.29, 1.82) is 0 Å². The molecule has 0 aliphatic heterocycles. The van der Waals surface area contributed by atoms with E-state index in [1.54, 1.807) is 0 Å². The van der Waals surface area contributed by atoms with Crippen molar-refractivity contribution < 1.29 is 9.90 Å². The predicted octanol–water partition coefficient (Wildman–Crippen LogP) is 1.62. The van der Waals surface area contributed by atoms with Crippen molar-refractivity contribution in [1.82, 2.24) is 25.1 Å². The van der Waals surface area contributed by atoms with Gasteiger partial charge in [0, 0.05) is 5.54 Å². The summed E-state index contributed by atoms with van der Waals surface area (Å²) in [6.07, 6.45) is 7.78. The van der Waals surface area contributed by atoms with E-state index in [9.17, 15) is 9.90 Å². The monoisotopic (exact) mass is 293 g/mol. The average molecular weight is 293 g/mol. The topological polar surface area (TPSA) is 84.1 Å². The van der Waals surface area contributed by atoms with Crippen LogP contribution in [0.4, 0.5) is 0 Å². The molecule has 0 bridgehead atoms. The Hall–Kier alpha value is -1.50. The zero-order valence-corrected chi connectivity index (χ0v) is 12.5. The molecule has 0 unspecified atom stereocenters. The molecular weight excluding hydrogens is 270 g/mol. The fourth-order valence-corrected chi connectivity index (χ4v) is 3.48. The van der Waals surface area contributed by atoms with E-state index >= 15 is 0 Å². The van der Waals surface area contributed by atoms with Crippen molar-refractivity contribution in [3.05, 3.63) is 5.82 Å². The lowest BCUT2D eigenvalue weighted by atomic mass is 9.78. The number of carboxylic acid groups (broad SMARTS) is 1. The van der Waals surface area contributed by atoms with Crippen LogP contribution >= 0.6 is 0 Å². The summed E-state index contributed by atoms with van der Waals surface area (Å²) in [6.45, 7) is 0.622. The Balaban J connectivity index is 1.75. The van der Waals surface area contributed by atoms with E-state index in [-0.39, 0.29) is 12.0 Å². The molecule has 7 nitrogen and oxygen atoms in total. The number of rotatable bonds is 6. The Kier molecular flexibility index (Phi) is 3.93. The Morgan fingerprint density at radius 2 is 2.10 bits per heavy atom. The molecule has 0 saturated heterocycles. The van der Waals surface area contributed by atoms with Crippen LogP contribution in [0.15, 0.2) is 0 Å². The second-order valence-electron chi connectivity index (χ2n) is 6.48. The summed E-state index contributed by atoms with van der Waals surface area (Å²) in [5.41, 5.74) is -0.246. The van der Waals surface area contributed by atoms with Crippen LogP contribution in [0.3, 0.4) is 0 Å². The summed E-state index contributed by atoms with van der Waals surface area (Å²) >= 11 is 0. The molecule has 21 heavy (non-hydrogen) atoms. The minimum atomic E-state index is -0.717. The zero-order chi connectivity index (χ0) is 14.9. The molecule has 2 fully saturated rings. The van der Waals surface area contributed by atoms with Crippen LogP contribution in [0.5, 0.6) is 0 Å². The second-order valence-corrected chi connectivity index (χ2v) is 6.48. The number of aromatic nitrogens is 4. The van der Waals surface area contributed by atoms with Gasteiger partial charge in [0.15, 0.2) is 5.82 Å². The minimum Gasteiger partial charge on any atom is -0.481 e. The predicted molar refractivity (Wildman–Crippen MR) is 75.6 cm³/mol. The van der Waals surface area contributed by atoms with Gasteiger partial charge in [-0.1, -0.05) is 19.3 Å². The molecule has 2 aliphatic carbocycles. The van der Waals surface area contributed by atoms with Crippen LogP contribution in [0.25, 0.3) is 0 Å². The van der Waals surface area contributed by atoms with Crippen molar-refractivity contribution in [2.75, 3.05) is 7.05 Å². The van der Waals surface area contributed by atoms with E-state index in [1.807, 2.05) is 11.7 Å². The maximum Gasteiger partial charge on any atom is 0.305 e. The normalized spacial score (nSPS) is 21.6. The number of nitrogens with zero attached hydrogens (tertiary/aromatic N) is 5. The highest BCUT2D eigenvalue weighted by Gasteiger charge is 2.39.